The minimum absolute atomic E-state index is 0.944. The Morgan fingerprint density at radius 1 is 0.146 bits per heavy atom. The molecule has 0 atom stereocenters. The monoisotopic (exact) mass is 1130 g/mol. The van der Waals surface area contributed by atoms with Gasteiger partial charge in [0.1, 0.15) is 0 Å². The maximum Gasteiger partial charge on any atom is 0.0729 e. The number of anilines is 12. The molecule has 4 heteroatoms. The first-order chi connectivity index (χ1) is 44.2. The van der Waals surface area contributed by atoms with Crippen molar-refractivity contribution in [2.45, 2.75) is 5.41 Å². The maximum atomic E-state index is 2.59. The number of hydrogen-bond acceptors (Lipinski definition) is 4. The van der Waals surface area contributed by atoms with E-state index in [2.05, 4.69) is 359 Å². The summed E-state index contributed by atoms with van der Waals surface area (Å²) in [5, 5.41) is 14.8. The van der Waals surface area contributed by atoms with Crippen molar-refractivity contribution in [1.29, 1.82) is 0 Å². The van der Waals surface area contributed by atoms with Crippen LogP contribution >= 0.6 is 0 Å². The Bertz CT molecular complexity index is 4570. The van der Waals surface area contributed by atoms with Crippen molar-refractivity contribution in [3.8, 4) is 0 Å². The van der Waals surface area contributed by atoms with Crippen molar-refractivity contribution in [3.63, 3.8) is 0 Å². The Kier molecular flexibility index (Phi) is 11.5. The molecule has 18 rings (SSSR count). The molecular weight excluding hydrogens is 1080 g/mol. The summed E-state index contributed by atoms with van der Waals surface area (Å²) in [6.07, 6.45) is 0. The van der Waals surface area contributed by atoms with Crippen LogP contribution in [0.15, 0.2) is 340 Å². The second-order valence-electron chi connectivity index (χ2n) is 23.5. The van der Waals surface area contributed by atoms with Gasteiger partial charge in [-0.1, -0.05) is 194 Å². The minimum Gasteiger partial charge on any atom is -0.310 e. The highest BCUT2D eigenvalue weighted by molar-refractivity contribution is 6.35. The molecule has 416 valence electrons. The lowest BCUT2D eigenvalue weighted by atomic mass is 9.69. The summed E-state index contributed by atoms with van der Waals surface area (Å²) in [5.41, 5.74) is 17.1. The summed E-state index contributed by atoms with van der Waals surface area (Å²) in [4.78, 5) is 9.88. The van der Waals surface area contributed by atoms with Crippen molar-refractivity contribution < 1.29 is 0 Å². The molecule has 2 aliphatic rings. The van der Waals surface area contributed by atoms with Gasteiger partial charge in [-0.2, -0.15) is 0 Å². The second-order valence-corrected chi connectivity index (χ2v) is 23.5. The fourth-order valence-electron chi connectivity index (χ4n) is 15.3. The van der Waals surface area contributed by atoms with Crippen molar-refractivity contribution in [1.82, 2.24) is 0 Å². The molecule has 0 bridgehead atoms. The Labute approximate surface area is 516 Å². The van der Waals surface area contributed by atoms with Crippen LogP contribution in [0.5, 0.6) is 0 Å². The minimum atomic E-state index is -0.944. The molecule has 0 unspecified atom stereocenters. The zero-order valence-corrected chi connectivity index (χ0v) is 48.6. The molecule has 0 saturated carbocycles. The summed E-state index contributed by atoms with van der Waals surface area (Å²) in [6, 6.07) is 126. The van der Waals surface area contributed by atoms with Gasteiger partial charge < -0.3 is 19.6 Å². The Hall–Kier alpha value is -11.7. The lowest BCUT2D eigenvalue weighted by Gasteiger charge is -2.35. The van der Waals surface area contributed by atoms with Gasteiger partial charge in [0, 0.05) is 68.2 Å². The van der Waals surface area contributed by atoms with E-state index in [4.69, 9.17) is 0 Å². The fourth-order valence-corrected chi connectivity index (χ4v) is 15.3. The smallest absolute Gasteiger partial charge is 0.0729 e. The number of benzene rings is 16. The van der Waals surface area contributed by atoms with Crippen LogP contribution in [0.2, 0.25) is 0 Å². The van der Waals surface area contributed by atoms with Gasteiger partial charge in [-0.15, -0.1) is 0 Å². The normalized spacial score (nSPS) is 12.6. The van der Waals surface area contributed by atoms with Gasteiger partial charge in [-0.25, -0.2) is 0 Å². The number of fused-ring (bicyclic) bond motifs is 10. The van der Waals surface area contributed by atoms with Crippen LogP contribution < -0.4 is 19.6 Å². The molecule has 0 fully saturated rings. The number of nitrogens with zero attached hydrogens (tertiary/aromatic N) is 4. The molecule has 0 aliphatic heterocycles. The van der Waals surface area contributed by atoms with E-state index in [1.807, 2.05) is 0 Å². The molecule has 16 aromatic carbocycles. The van der Waals surface area contributed by atoms with Crippen molar-refractivity contribution >= 4 is 133 Å². The second kappa shape index (κ2) is 20.2. The molecule has 0 saturated heterocycles. The first-order valence-electron chi connectivity index (χ1n) is 30.7. The SMILES string of the molecule is c1ccc(N(c2ccccc2)c2cc3c4c(c2)c2ccccc2c2cc(N(c5ccccc5)c5ccccc5)cc(c24)C32c3cc(N(c4ccccc4)c4ccccc4)cc4c5ccccc5c5cc(N(c6ccccc6)c6ccccc6)cc2c5c34)cc1. The van der Waals surface area contributed by atoms with E-state index in [0.717, 1.165) is 68.2 Å². The third-order valence-corrected chi connectivity index (χ3v) is 18.8. The summed E-state index contributed by atoms with van der Waals surface area (Å²) < 4.78 is 0. The first-order valence-corrected chi connectivity index (χ1v) is 30.7. The van der Waals surface area contributed by atoms with E-state index < -0.39 is 5.41 Å². The third-order valence-electron chi connectivity index (χ3n) is 18.8. The fraction of sp³-hybridized carbons (Fsp3) is 0.0118. The molecule has 89 heavy (non-hydrogen) atoms. The molecule has 1 spiro atoms. The predicted molar refractivity (Wildman–Crippen MR) is 376 cm³/mol. The van der Waals surface area contributed by atoms with Gasteiger partial charge in [-0.05, 0) is 232 Å². The number of para-hydroxylation sites is 8. The van der Waals surface area contributed by atoms with E-state index in [1.165, 1.54) is 86.9 Å². The summed E-state index contributed by atoms with van der Waals surface area (Å²) in [6.45, 7) is 0. The highest BCUT2D eigenvalue weighted by atomic mass is 15.2. The van der Waals surface area contributed by atoms with E-state index in [0.29, 0.717) is 0 Å². The van der Waals surface area contributed by atoms with Gasteiger partial charge in [0.25, 0.3) is 0 Å². The lowest BCUT2D eigenvalue weighted by molar-refractivity contribution is 0.800. The van der Waals surface area contributed by atoms with Crippen molar-refractivity contribution in [2.24, 2.45) is 0 Å². The molecule has 0 radical (unpaired) electrons. The molecule has 4 nitrogen and oxygen atoms in total. The first kappa shape index (κ1) is 50.6. The number of hydrogen-bond donors (Lipinski definition) is 0. The van der Waals surface area contributed by atoms with Crippen LogP contribution in [0, 0.1) is 0 Å². The third kappa shape index (κ3) is 7.67. The lowest BCUT2D eigenvalue weighted by Crippen LogP contribution is -2.28. The highest BCUT2D eigenvalue weighted by Gasteiger charge is 2.52. The van der Waals surface area contributed by atoms with E-state index in [1.54, 1.807) is 0 Å². The maximum absolute atomic E-state index is 2.59. The predicted octanol–water partition coefficient (Wildman–Crippen LogP) is 23.5. The van der Waals surface area contributed by atoms with Crippen LogP contribution in [-0.2, 0) is 5.41 Å². The number of rotatable bonds is 12. The summed E-state index contributed by atoms with van der Waals surface area (Å²) >= 11 is 0. The molecule has 16 aromatic rings. The largest absolute Gasteiger partial charge is 0.310 e. The van der Waals surface area contributed by atoms with Crippen LogP contribution in [0.25, 0.3) is 64.6 Å². The standard InChI is InChI=1S/C85H56N4/c1-9-29-57(30-10-1)86(58-31-11-2-12-32-58)65-49-73-69-45-25-26-46-70(69)74-50-66(87(59-33-13-3-14-34-59)60-35-15-4-16-36-60)54-78-82(74)81(73)77(53-65)85(78)79-55-67(88(61-37-17-5-18-38-61)62-39-19-6-20-40-62)51-75-71-47-27-28-48-72(71)76-52-68(56-80(85)84(76)83(75)79)89(63-41-21-7-22-42-63)64-43-23-8-24-44-64/h1-56H. The van der Waals surface area contributed by atoms with Crippen molar-refractivity contribution in [2.75, 3.05) is 19.6 Å². The Balaban J connectivity index is 1.08. The summed E-state index contributed by atoms with van der Waals surface area (Å²) in [7, 11) is 0. The van der Waals surface area contributed by atoms with Gasteiger partial charge in [0.05, 0.1) is 5.41 Å². The zero-order valence-electron chi connectivity index (χ0n) is 48.6. The van der Waals surface area contributed by atoms with E-state index in [-0.39, 0.29) is 0 Å². The molecule has 2 aliphatic carbocycles. The molecule has 0 N–H and O–H groups in total. The van der Waals surface area contributed by atoms with Gasteiger partial charge in [0.15, 0.2) is 0 Å². The average molecular weight is 1130 g/mol. The van der Waals surface area contributed by atoms with Crippen LogP contribution in [0.3, 0.4) is 0 Å². The zero-order chi connectivity index (χ0) is 58.6. The van der Waals surface area contributed by atoms with Gasteiger partial charge >= 0.3 is 0 Å². The van der Waals surface area contributed by atoms with Gasteiger partial charge in [-0.3, -0.25) is 0 Å². The Morgan fingerprint density at radius 2 is 0.303 bits per heavy atom. The molecule has 0 aromatic heterocycles. The van der Waals surface area contributed by atoms with Crippen LogP contribution in [0.4, 0.5) is 68.2 Å². The highest BCUT2D eigenvalue weighted by Crippen LogP contribution is 2.67. The van der Waals surface area contributed by atoms with Gasteiger partial charge in [0.2, 0.25) is 0 Å². The average Bonchev–Trinajstić information content (AvgIpc) is 1.48. The molecule has 0 heterocycles. The summed E-state index contributed by atoms with van der Waals surface area (Å²) in [5.74, 6) is 0. The van der Waals surface area contributed by atoms with E-state index >= 15 is 0 Å². The van der Waals surface area contributed by atoms with Crippen LogP contribution in [-0.4, -0.2) is 0 Å². The topological polar surface area (TPSA) is 13.0 Å². The quantitative estimate of drug-likeness (QED) is 0.113. The Morgan fingerprint density at radius 3 is 0.472 bits per heavy atom. The van der Waals surface area contributed by atoms with Crippen molar-refractivity contribution in [3.05, 3.63) is 362 Å². The molecule has 0 amide bonds. The van der Waals surface area contributed by atoms with E-state index in [9.17, 15) is 0 Å². The molecular formula is C85H56N4. The van der Waals surface area contributed by atoms with Crippen LogP contribution in [0.1, 0.15) is 22.3 Å².